The van der Waals surface area contributed by atoms with E-state index in [9.17, 15) is 19.5 Å². The molecule has 0 aliphatic heterocycles. The van der Waals surface area contributed by atoms with Gasteiger partial charge in [0.05, 0.1) is 6.54 Å². The lowest BCUT2D eigenvalue weighted by atomic mass is 10.2. The first-order valence-electron chi connectivity index (χ1n) is 8.23. The quantitative estimate of drug-likeness (QED) is 0.611. The second-order valence-electron chi connectivity index (χ2n) is 6.64. The molecule has 7 nitrogen and oxygen atoms in total. The number of carbonyl (C=O) groups is 3. The highest BCUT2D eigenvalue weighted by molar-refractivity contribution is 5.80. The lowest BCUT2D eigenvalue weighted by Gasteiger charge is -2.30. The molecule has 0 saturated heterocycles. The number of aliphatic carboxylic acids is 1. The van der Waals surface area contributed by atoms with Crippen molar-refractivity contribution in [1.29, 1.82) is 0 Å². The summed E-state index contributed by atoms with van der Waals surface area (Å²) >= 11 is 0. The zero-order valence-corrected chi connectivity index (χ0v) is 14.5. The van der Waals surface area contributed by atoms with Crippen molar-refractivity contribution in [1.82, 2.24) is 15.1 Å². The molecule has 1 saturated carbocycles. The van der Waals surface area contributed by atoms with Gasteiger partial charge in [-0.2, -0.15) is 0 Å². The van der Waals surface area contributed by atoms with Crippen molar-refractivity contribution in [2.75, 3.05) is 26.2 Å². The molecule has 0 radical (unpaired) electrons. The summed E-state index contributed by atoms with van der Waals surface area (Å²) in [4.78, 5) is 38.3. The van der Waals surface area contributed by atoms with E-state index in [1.807, 2.05) is 4.90 Å². The van der Waals surface area contributed by atoms with Gasteiger partial charge >= 0.3 is 5.97 Å². The van der Waals surface area contributed by atoms with E-state index in [4.69, 9.17) is 0 Å². The highest BCUT2D eigenvalue weighted by Gasteiger charge is 2.34. The predicted octanol–water partition coefficient (Wildman–Crippen LogP) is 0.545. The molecule has 1 unspecified atom stereocenters. The first-order chi connectivity index (χ1) is 10.7. The monoisotopic (exact) mass is 327 g/mol. The van der Waals surface area contributed by atoms with E-state index in [2.05, 4.69) is 19.2 Å². The molecular formula is C16H29N3O4. The zero-order valence-electron chi connectivity index (χ0n) is 14.5. The minimum atomic E-state index is -0.970. The minimum absolute atomic E-state index is 0.0304. The van der Waals surface area contributed by atoms with Gasteiger partial charge in [0.1, 0.15) is 6.04 Å². The summed E-state index contributed by atoms with van der Waals surface area (Å²) in [5.74, 6) is -0.789. The fraction of sp³-hybridized carbons (Fsp3) is 0.812. The van der Waals surface area contributed by atoms with Crippen molar-refractivity contribution in [3.05, 3.63) is 0 Å². The molecule has 2 amide bonds. The van der Waals surface area contributed by atoms with Gasteiger partial charge < -0.3 is 15.3 Å². The van der Waals surface area contributed by atoms with Crippen LogP contribution in [0.2, 0.25) is 0 Å². The molecule has 0 aromatic carbocycles. The lowest BCUT2D eigenvalue weighted by Crippen LogP contribution is -2.49. The number of rotatable bonds is 10. The van der Waals surface area contributed by atoms with E-state index in [0.717, 1.165) is 12.8 Å². The van der Waals surface area contributed by atoms with Crippen molar-refractivity contribution in [3.63, 3.8) is 0 Å². The molecule has 0 spiro atoms. The number of amides is 2. The van der Waals surface area contributed by atoms with Gasteiger partial charge in [0.2, 0.25) is 11.8 Å². The van der Waals surface area contributed by atoms with Gasteiger partial charge in [-0.05, 0) is 25.7 Å². The third-order valence-corrected chi connectivity index (χ3v) is 3.89. The van der Waals surface area contributed by atoms with Crippen molar-refractivity contribution in [2.24, 2.45) is 5.92 Å². The van der Waals surface area contributed by atoms with Gasteiger partial charge in [0, 0.05) is 32.6 Å². The van der Waals surface area contributed by atoms with Crippen LogP contribution in [0.25, 0.3) is 0 Å². The van der Waals surface area contributed by atoms with Crippen molar-refractivity contribution in [3.8, 4) is 0 Å². The first-order valence-corrected chi connectivity index (χ1v) is 8.23. The number of nitrogens with one attached hydrogen (secondary N) is 1. The van der Waals surface area contributed by atoms with Crippen molar-refractivity contribution < 1.29 is 19.5 Å². The van der Waals surface area contributed by atoms with Crippen molar-refractivity contribution >= 4 is 17.8 Å². The number of carboxylic acid groups (broad SMARTS) is 1. The van der Waals surface area contributed by atoms with Crippen LogP contribution >= 0.6 is 0 Å². The van der Waals surface area contributed by atoms with Crippen LogP contribution in [0.15, 0.2) is 0 Å². The highest BCUT2D eigenvalue weighted by Crippen LogP contribution is 2.27. The van der Waals surface area contributed by atoms with Crippen LogP contribution in [0.4, 0.5) is 0 Å². The molecule has 2 N–H and O–H groups in total. The molecule has 1 aliphatic carbocycles. The van der Waals surface area contributed by atoms with E-state index in [-0.39, 0.29) is 18.4 Å². The number of hydrogen-bond donors (Lipinski definition) is 2. The molecular weight excluding hydrogens is 298 g/mol. The van der Waals surface area contributed by atoms with E-state index < -0.39 is 12.0 Å². The Hall–Kier alpha value is -1.63. The van der Waals surface area contributed by atoms with Crippen LogP contribution < -0.4 is 5.32 Å². The number of hydrogen-bond acceptors (Lipinski definition) is 4. The summed E-state index contributed by atoms with van der Waals surface area (Å²) in [6, 6.07) is -0.463. The smallest absolute Gasteiger partial charge is 0.320 e. The number of nitrogens with zero attached hydrogens (tertiary/aromatic N) is 2. The summed E-state index contributed by atoms with van der Waals surface area (Å²) < 4.78 is 0. The van der Waals surface area contributed by atoms with Crippen LogP contribution in [0.5, 0.6) is 0 Å². The summed E-state index contributed by atoms with van der Waals surface area (Å²) in [5.41, 5.74) is 0. The first kappa shape index (κ1) is 19.4. The fourth-order valence-corrected chi connectivity index (χ4v) is 2.44. The Kier molecular flexibility index (Phi) is 7.48. The number of carboxylic acids is 1. The van der Waals surface area contributed by atoms with Crippen LogP contribution in [0.1, 0.15) is 40.5 Å². The third kappa shape index (κ3) is 6.99. The summed E-state index contributed by atoms with van der Waals surface area (Å²) in [5, 5.41) is 11.9. The molecule has 1 aliphatic rings. The molecule has 23 heavy (non-hydrogen) atoms. The minimum Gasteiger partial charge on any atom is -0.480 e. The predicted molar refractivity (Wildman–Crippen MR) is 86.9 cm³/mol. The van der Waals surface area contributed by atoms with E-state index in [1.54, 1.807) is 11.8 Å². The summed E-state index contributed by atoms with van der Waals surface area (Å²) in [6.07, 6.45) is 2.05. The second-order valence-corrected chi connectivity index (χ2v) is 6.64. The maximum Gasteiger partial charge on any atom is 0.320 e. The maximum absolute atomic E-state index is 12.6. The Bertz CT molecular complexity index is 435. The standard InChI is InChI=1S/C16H29N3O4/c1-11(2)9-19(14-5-6-14)15(21)10-18(12(3)16(22)23)8-7-17-13(4)20/h11-12,14H,5-10H2,1-4H3,(H,17,20)(H,22,23). The summed E-state index contributed by atoms with van der Waals surface area (Å²) in [7, 11) is 0. The average molecular weight is 327 g/mol. The van der Waals surface area contributed by atoms with Gasteiger partial charge in [0.25, 0.3) is 0 Å². The Labute approximate surface area is 138 Å². The molecule has 0 aromatic rings. The molecule has 132 valence electrons. The normalized spacial score (nSPS) is 15.6. The van der Waals surface area contributed by atoms with Gasteiger partial charge in [-0.3, -0.25) is 19.3 Å². The molecule has 0 aromatic heterocycles. The Morgan fingerprint density at radius 1 is 1.22 bits per heavy atom. The third-order valence-electron chi connectivity index (χ3n) is 3.89. The maximum atomic E-state index is 12.6. The van der Waals surface area contributed by atoms with E-state index >= 15 is 0 Å². The van der Waals surface area contributed by atoms with Crippen molar-refractivity contribution in [2.45, 2.75) is 52.6 Å². The number of carbonyl (C=O) groups excluding carboxylic acids is 2. The molecule has 1 fully saturated rings. The SMILES string of the molecule is CC(=O)NCCN(CC(=O)N(CC(C)C)C1CC1)C(C)C(=O)O. The molecule has 0 bridgehead atoms. The van der Waals surface area contributed by atoms with Gasteiger partial charge in [0.15, 0.2) is 0 Å². The second kappa shape index (κ2) is 8.86. The topological polar surface area (TPSA) is 90.0 Å². The molecule has 1 rings (SSSR count). The van der Waals surface area contributed by atoms with Crippen LogP contribution in [-0.2, 0) is 14.4 Å². The largest absolute Gasteiger partial charge is 0.480 e. The lowest BCUT2D eigenvalue weighted by molar-refractivity contribution is -0.144. The van der Waals surface area contributed by atoms with Crippen LogP contribution in [0, 0.1) is 5.92 Å². The Balaban J connectivity index is 2.67. The average Bonchev–Trinajstić information content (AvgIpc) is 3.26. The van der Waals surface area contributed by atoms with E-state index in [0.29, 0.717) is 31.6 Å². The van der Waals surface area contributed by atoms with Gasteiger partial charge in [-0.1, -0.05) is 13.8 Å². The highest BCUT2D eigenvalue weighted by atomic mass is 16.4. The summed E-state index contributed by atoms with van der Waals surface area (Å²) in [6.45, 7) is 8.53. The Morgan fingerprint density at radius 2 is 1.83 bits per heavy atom. The van der Waals surface area contributed by atoms with Gasteiger partial charge in [-0.15, -0.1) is 0 Å². The Morgan fingerprint density at radius 3 is 2.26 bits per heavy atom. The zero-order chi connectivity index (χ0) is 17.6. The van der Waals surface area contributed by atoms with Crippen LogP contribution in [0.3, 0.4) is 0 Å². The molecule has 1 atom stereocenters. The van der Waals surface area contributed by atoms with Gasteiger partial charge in [-0.25, -0.2) is 0 Å². The van der Waals surface area contributed by atoms with E-state index in [1.165, 1.54) is 6.92 Å². The van der Waals surface area contributed by atoms with Crippen LogP contribution in [-0.4, -0.2) is 71.0 Å². The molecule has 7 heteroatoms. The molecule has 0 heterocycles. The fourth-order valence-electron chi connectivity index (χ4n) is 2.44.